The van der Waals surface area contributed by atoms with Crippen molar-refractivity contribution in [2.24, 2.45) is 5.92 Å². The van der Waals surface area contributed by atoms with Gasteiger partial charge in [0.15, 0.2) is 0 Å². The predicted molar refractivity (Wildman–Crippen MR) is 98.8 cm³/mol. The van der Waals surface area contributed by atoms with E-state index in [9.17, 15) is 14.4 Å². The Hall–Kier alpha value is -2.08. The van der Waals surface area contributed by atoms with Crippen molar-refractivity contribution in [1.29, 1.82) is 0 Å². The van der Waals surface area contributed by atoms with E-state index in [0.29, 0.717) is 24.4 Å². The van der Waals surface area contributed by atoms with Gasteiger partial charge in [0.2, 0.25) is 5.91 Å². The van der Waals surface area contributed by atoms with Gasteiger partial charge in [-0.05, 0) is 42.9 Å². The molecule has 0 aromatic heterocycles. The maximum absolute atomic E-state index is 12.8. The van der Waals surface area contributed by atoms with Crippen molar-refractivity contribution < 1.29 is 14.4 Å². The second kappa shape index (κ2) is 7.66. The second-order valence-electron chi connectivity index (χ2n) is 7.17. The van der Waals surface area contributed by atoms with Gasteiger partial charge in [0.1, 0.15) is 12.1 Å². The number of halogens is 1. The first kappa shape index (κ1) is 18.7. The molecule has 2 N–H and O–H groups in total. The summed E-state index contributed by atoms with van der Waals surface area (Å²) in [6.45, 7) is 2.19. The summed E-state index contributed by atoms with van der Waals surface area (Å²) in [5, 5.41) is 6.30. The monoisotopic (exact) mass is 377 g/mol. The topological polar surface area (TPSA) is 78.5 Å². The van der Waals surface area contributed by atoms with Crippen LogP contribution in [0.1, 0.15) is 38.2 Å². The third-order valence-corrected chi connectivity index (χ3v) is 5.70. The van der Waals surface area contributed by atoms with Crippen LogP contribution in [0, 0.1) is 5.92 Å². The van der Waals surface area contributed by atoms with Crippen molar-refractivity contribution in [3.63, 3.8) is 0 Å². The molecular formula is C19H24ClN3O3. The van der Waals surface area contributed by atoms with Crippen LogP contribution in [0.5, 0.6) is 0 Å². The molecule has 2 atom stereocenters. The van der Waals surface area contributed by atoms with E-state index in [-0.39, 0.29) is 24.3 Å². The Morgan fingerprint density at radius 3 is 2.73 bits per heavy atom. The molecule has 1 saturated carbocycles. The molecule has 1 spiro atoms. The molecule has 6 nitrogen and oxygen atoms in total. The lowest BCUT2D eigenvalue weighted by atomic mass is 9.73. The SMILES string of the molecule is C[C@H]1CCCC[C@@]12NC(=O)N(CC(=O)NCCc1ccc(Cl)cc1)C2=O. The largest absolute Gasteiger partial charge is 0.354 e. The summed E-state index contributed by atoms with van der Waals surface area (Å²) in [6.07, 6.45) is 4.19. The van der Waals surface area contributed by atoms with Gasteiger partial charge in [0.05, 0.1) is 0 Å². The average Bonchev–Trinajstić information content (AvgIpc) is 2.84. The van der Waals surface area contributed by atoms with Crippen LogP contribution in [0.2, 0.25) is 5.02 Å². The first-order chi connectivity index (χ1) is 12.4. The van der Waals surface area contributed by atoms with E-state index in [1.807, 2.05) is 19.1 Å². The Morgan fingerprint density at radius 2 is 2.04 bits per heavy atom. The molecule has 1 aliphatic carbocycles. The highest BCUT2D eigenvalue weighted by molar-refractivity contribution is 6.30. The summed E-state index contributed by atoms with van der Waals surface area (Å²) < 4.78 is 0. The first-order valence-corrected chi connectivity index (χ1v) is 9.45. The maximum atomic E-state index is 12.8. The minimum atomic E-state index is -0.821. The number of benzene rings is 1. The van der Waals surface area contributed by atoms with Gasteiger partial charge in [0.25, 0.3) is 5.91 Å². The van der Waals surface area contributed by atoms with E-state index in [1.54, 1.807) is 12.1 Å². The molecule has 0 radical (unpaired) electrons. The number of amides is 4. The lowest BCUT2D eigenvalue weighted by Crippen LogP contribution is -2.54. The molecule has 26 heavy (non-hydrogen) atoms. The zero-order valence-electron chi connectivity index (χ0n) is 14.9. The third-order valence-electron chi connectivity index (χ3n) is 5.45. The van der Waals surface area contributed by atoms with Crippen molar-refractivity contribution >= 4 is 29.4 Å². The van der Waals surface area contributed by atoms with Gasteiger partial charge in [0, 0.05) is 11.6 Å². The fourth-order valence-electron chi connectivity index (χ4n) is 3.84. The molecule has 2 fully saturated rings. The van der Waals surface area contributed by atoms with E-state index in [2.05, 4.69) is 10.6 Å². The smallest absolute Gasteiger partial charge is 0.325 e. The Labute approximate surface area is 158 Å². The fraction of sp³-hybridized carbons (Fsp3) is 0.526. The fourth-order valence-corrected chi connectivity index (χ4v) is 3.96. The number of urea groups is 1. The summed E-state index contributed by atoms with van der Waals surface area (Å²) in [5.74, 6) is -0.504. The zero-order valence-corrected chi connectivity index (χ0v) is 15.6. The van der Waals surface area contributed by atoms with E-state index in [1.165, 1.54) is 0 Å². The summed E-state index contributed by atoms with van der Waals surface area (Å²) in [5.41, 5.74) is 0.235. The lowest BCUT2D eigenvalue weighted by Gasteiger charge is -2.36. The standard InChI is InChI=1S/C19H24ClN3O3/c1-13-4-2-3-10-19(13)17(25)23(18(26)22-19)12-16(24)21-11-9-14-5-7-15(20)8-6-14/h5-8,13H,2-4,9-12H2,1H3,(H,21,24)(H,22,26)/t13-,19+/m0/s1. The highest BCUT2D eigenvalue weighted by Crippen LogP contribution is 2.38. The Bertz CT molecular complexity index is 706. The highest BCUT2D eigenvalue weighted by atomic mass is 35.5. The molecule has 140 valence electrons. The van der Waals surface area contributed by atoms with Crippen molar-refractivity contribution in [2.75, 3.05) is 13.1 Å². The molecule has 1 saturated heterocycles. The number of carbonyl (C=O) groups excluding carboxylic acids is 3. The number of rotatable bonds is 5. The Morgan fingerprint density at radius 1 is 1.31 bits per heavy atom. The highest BCUT2D eigenvalue weighted by Gasteiger charge is 2.55. The van der Waals surface area contributed by atoms with Crippen LogP contribution in [0.3, 0.4) is 0 Å². The van der Waals surface area contributed by atoms with Crippen LogP contribution in [0.15, 0.2) is 24.3 Å². The quantitative estimate of drug-likeness (QED) is 0.774. The molecular weight excluding hydrogens is 354 g/mol. The molecule has 2 aliphatic rings. The van der Waals surface area contributed by atoms with E-state index in [4.69, 9.17) is 11.6 Å². The first-order valence-electron chi connectivity index (χ1n) is 9.07. The number of hydrogen-bond donors (Lipinski definition) is 2. The van der Waals surface area contributed by atoms with Gasteiger partial charge in [-0.1, -0.05) is 43.5 Å². The Kier molecular flexibility index (Phi) is 5.51. The number of hydrogen-bond acceptors (Lipinski definition) is 3. The number of nitrogens with zero attached hydrogens (tertiary/aromatic N) is 1. The summed E-state index contributed by atoms with van der Waals surface area (Å²) in [6, 6.07) is 6.95. The van der Waals surface area contributed by atoms with E-state index in [0.717, 1.165) is 29.7 Å². The predicted octanol–water partition coefficient (Wildman–Crippen LogP) is 2.50. The molecule has 1 heterocycles. The van der Waals surface area contributed by atoms with Gasteiger partial charge < -0.3 is 10.6 Å². The summed E-state index contributed by atoms with van der Waals surface area (Å²) >= 11 is 5.85. The molecule has 0 bridgehead atoms. The number of imide groups is 1. The minimum absolute atomic E-state index is 0.0886. The van der Waals surface area contributed by atoms with Gasteiger partial charge in [-0.3, -0.25) is 14.5 Å². The zero-order chi connectivity index (χ0) is 18.7. The Balaban J connectivity index is 1.53. The van der Waals surface area contributed by atoms with Crippen molar-refractivity contribution in [2.45, 2.75) is 44.6 Å². The molecule has 0 unspecified atom stereocenters. The molecule has 1 aliphatic heterocycles. The average molecular weight is 378 g/mol. The van der Waals surface area contributed by atoms with Crippen LogP contribution < -0.4 is 10.6 Å². The molecule has 1 aromatic rings. The normalized spacial score (nSPS) is 25.5. The van der Waals surface area contributed by atoms with Crippen LogP contribution >= 0.6 is 11.6 Å². The van der Waals surface area contributed by atoms with Gasteiger partial charge in [-0.15, -0.1) is 0 Å². The maximum Gasteiger partial charge on any atom is 0.325 e. The van der Waals surface area contributed by atoms with Gasteiger partial charge >= 0.3 is 6.03 Å². The molecule has 4 amide bonds. The minimum Gasteiger partial charge on any atom is -0.354 e. The molecule has 3 rings (SSSR count). The van der Waals surface area contributed by atoms with Gasteiger partial charge in [-0.2, -0.15) is 0 Å². The molecule has 7 heteroatoms. The summed E-state index contributed by atoms with van der Waals surface area (Å²) in [7, 11) is 0. The van der Waals surface area contributed by atoms with E-state index >= 15 is 0 Å². The van der Waals surface area contributed by atoms with Crippen molar-refractivity contribution in [3.05, 3.63) is 34.9 Å². The van der Waals surface area contributed by atoms with Gasteiger partial charge in [-0.25, -0.2) is 4.79 Å². The number of carbonyl (C=O) groups is 3. The van der Waals surface area contributed by atoms with Crippen LogP contribution in [0.25, 0.3) is 0 Å². The summed E-state index contributed by atoms with van der Waals surface area (Å²) in [4.78, 5) is 38.3. The second-order valence-corrected chi connectivity index (χ2v) is 7.60. The molecule has 1 aromatic carbocycles. The van der Waals surface area contributed by atoms with E-state index < -0.39 is 11.6 Å². The van der Waals surface area contributed by atoms with Crippen molar-refractivity contribution in [3.8, 4) is 0 Å². The van der Waals surface area contributed by atoms with Crippen LogP contribution in [-0.4, -0.2) is 41.4 Å². The van der Waals surface area contributed by atoms with Crippen LogP contribution in [-0.2, 0) is 16.0 Å². The van der Waals surface area contributed by atoms with Crippen LogP contribution in [0.4, 0.5) is 4.79 Å². The van der Waals surface area contributed by atoms with Crippen molar-refractivity contribution in [1.82, 2.24) is 15.5 Å². The lowest BCUT2D eigenvalue weighted by molar-refractivity contribution is -0.137. The third kappa shape index (κ3) is 3.70. The number of nitrogens with one attached hydrogen (secondary N) is 2.